The van der Waals surface area contributed by atoms with Crippen LogP contribution in [0.15, 0.2) is 72.8 Å². The van der Waals surface area contributed by atoms with Gasteiger partial charge >= 0.3 is 0 Å². The molecule has 1 heterocycles. The molecule has 0 fully saturated rings. The van der Waals surface area contributed by atoms with Crippen LogP contribution < -0.4 is 19.7 Å². The molecule has 0 atom stereocenters. The van der Waals surface area contributed by atoms with Gasteiger partial charge in [0.1, 0.15) is 17.3 Å². The van der Waals surface area contributed by atoms with Crippen molar-refractivity contribution in [2.24, 2.45) is 0 Å². The van der Waals surface area contributed by atoms with E-state index >= 15 is 0 Å². The fraction of sp³-hybridized carbons (Fsp3) is 0.167. The van der Waals surface area contributed by atoms with Crippen molar-refractivity contribution in [3.05, 3.63) is 84.2 Å². The lowest BCUT2D eigenvalue weighted by atomic mass is 10.1. The number of amides is 2. The van der Waals surface area contributed by atoms with Gasteiger partial charge in [0.15, 0.2) is 6.61 Å². The zero-order valence-electron chi connectivity index (χ0n) is 16.7. The predicted molar refractivity (Wildman–Crippen MR) is 115 cm³/mol. The lowest BCUT2D eigenvalue weighted by Crippen LogP contribution is -2.39. The van der Waals surface area contributed by atoms with E-state index in [0.717, 1.165) is 5.75 Å². The minimum Gasteiger partial charge on any atom is -0.494 e. The average molecular weight is 420 g/mol. The minimum atomic E-state index is -0.405. The lowest BCUT2D eigenvalue weighted by Gasteiger charge is -2.29. The number of anilines is 2. The van der Waals surface area contributed by atoms with Gasteiger partial charge < -0.3 is 19.7 Å². The number of halogens is 1. The Hall–Kier alpha value is -3.87. The Balaban J connectivity index is 1.39. The highest BCUT2D eigenvalue weighted by Crippen LogP contribution is 2.34. The molecule has 0 bridgehead atoms. The quantitative estimate of drug-likeness (QED) is 0.580. The summed E-state index contributed by atoms with van der Waals surface area (Å²) in [5, 5.41) is 2.76. The average Bonchev–Trinajstić information content (AvgIpc) is 2.79. The highest BCUT2D eigenvalue weighted by molar-refractivity contribution is 6.05. The number of ether oxygens (including phenoxy) is 2. The molecule has 0 spiro atoms. The monoisotopic (exact) mass is 420 g/mol. The SMILES string of the molecule is O=C(Nc1ccc2c(c1)OCC(=O)N2CCCOc1ccccc1)c1ccc(F)cc1. The van der Waals surface area contributed by atoms with Crippen molar-refractivity contribution in [1.82, 2.24) is 0 Å². The standard InChI is InChI=1S/C24H21FN2O4/c25-18-9-7-17(8-10-18)24(29)26-19-11-12-21-22(15-19)31-16-23(28)27(21)13-4-14-30-20-5-2-1-3-6-20/h1-3,5-12,15H,4,13-14,16H2,(H,26,29). The van der Waals surface area contributed by atoms with E-state index in [9.17, 15) is 14.0 Å². The van der Waals surface area contributed by atoms with E-state index in [1.807, 2.05) is 30.3 Å². The lowest BCUT2D eigenvalue weighted by molar-refractivity contribution is -0.121. The zero-order chi connectivity index (χ0) is 21.6. The third-order valence-electron chi connectivity index (χ3n) is 4.81. The van der Waals surface area contributed by atoms with E-state index in [4.69, 9.17) is 9.47 Å². The number of hydrogen-bond donors (Lipinski definition) is 1. The largest absolute Gasteiger partial charge is 0.494 e. The predicted octanol–water partition coefficient (Wildman–Crippen LogP) is 4.27. The third-order valence-corrected chi connectivity index (χ3v) is 4.81. The normalized spacial score (nSPS) is 12.7. The van der Waals surface area contributed by atoms with E-state index in [2.05, 4.69) is 5.32 Å². The molecular formula is C24H21FN2O4. The summed E-state index contributed by atoms with van der Waals surface area (Å²) in [5.41, 5.74) is 1.51. The smallest absolute Gasteiger partial charge is 0.265 e. The van der Waals surface area contributed by atoms with Crippen LogP contribution in [0.1, 0.15) is 16.8 Å². The molecule has 0 radical (unpaired) electrons. The molecule has 1 aliphatic heterocycles. The first-order valence-corrected chi connectivity index (χ1v) is 9.92. The van der Waals surface area contributed by atoms with Crippen molar-refractivity contribution >= 4 is 23.2 Å². The Labute approximate surface area is 179 Å². The molecule has 6 nitrogen and oxygen atoms in total. The number of fused-ring (bicyclic) bond motifs is 1. The van der Waals surface area contributed by atoms with Gasteiger partial charge in [-0.25, -0.2) is 4.39 Å². The van der Waals surface area contributed by atoms with Crippen molar-refractivity contribution in [2.75, 3.05) is 30.0 Å². The molecule has 0 saturated carbocycles. The molecule has 158 valence electrons. The molecule has 1 aliphatic rings. The maximum absolute atomic E-state index is 13.0. The maximum Gasteiger partial charge on any atom is 0.265 e. The number of para-hydroxylation sites is 1. The molecule has 1 N–H and O–H groups in total. The van der Waals surface area contributed by atoms with Gasteiger partial charge in [0.25, 0.3) is 11.8 Å². The summed E-state index contributed by atoms with van der Waals surface area (Å²) in [7, 11) is 0. The summed E-state index contributed by atoms with van der Waals surface area (Å²) in [6.07, 6.45) is 0.656. The molecule has 0 aromatic heterocycles. The molecule has 0 unspecified atom stereocenters. The zero-order valence-corrected chi connectivity index (χ0v) is 16.7. The highest BCUT2D eigenvalue weighted by Gasteiger charge is 2.25. The first-order valence-electron chi connectivity index (χ1n) is 9.92. The van der Waals surface area contributed by atoms with E-state index in [-0.39, 0.29) is 18.4 Å². The number of rotatable bonds is 7. The highest BCUT2D eigenvalue weighted by atomic mass is 19.1. The van der Waals surface area contributed by atoms with E-state index in [1.54, 1.807) is 23.1 Å². The van der Waals surface area contributed by atoms with E-state index in [1.165, 1.54) is 24.3 Å². The van der Waals surface area contributed by atoms with Gasteiger partial charge in [0.2, 0.25) is 0 Å². The van der Waals surface area contributed by atoms with Gasteiger partial charge in [0.05, 0.1) is 12.3 Å². The second-order valence-corrected chi connectivity index (χ2v) is 6.99. The van der Waals surface area contributed by atoms with E-state index in [0.29, 0.717) is 42.3 Å². The number of carbonyl (C=O) groups is 2. The van der Waals surface area contributed by atoms with Crippen molar-refractivity contribution in [2.45, 2.75) is 6.42 Å². The summed E-state index contributed by atoms with van der Waals surface area (Å²) < 4.78 is 24.3. The van der Waals surface area contributed by atoms with Crippen LogP contribution in [0.4, 0.5) is 15.8 Å². The van der Waals surface area contributed by atoms with Gasteiger partial charge in [-0.3, -0.25) is 9.59 Å². The Kier molecular flexibility index (Phi) is 6.12. The summed E-state index contributed by atoms with van der Waals surface area (Å²) in [4.78, 5) is 26.4. The molecule has 3 aromatic carbocycles. The Morgan fingerprint density at radius 3 is 2.61 bits per heavy atom. The molecular weight excluding hydrogens is 399 g/mol. The van der Waals surface area contributed by atoms with E-state index < -0.39 is 5.82 Å². The summed E-state index contributed by atoms with van der Waals surface area (Å²) in [6.45, 7) is 0.904. The van der Waals surface area contributed by atoms with Crippen LogP contribution in [-0.4, -0.2) is 31.6 Å². The number of nitrogens with one attached hydrogen (secondary N) is 1. The summed E-state index contributed by atoms with van der Waals surface area (Å²) in [5.74, 6) is 0.410. The van der Waals surface area contributed by atoms with Crippen molar-refractivity contribution in [1.29, 1.82) is 0 Å². The molecule has 3 aromatic rings. The van der Waals surface area contributed by atoms with Crippen molar-refractivity contribution in [3.63, 3.8) is 0 Å². The van der Waals surface area contributed by atoms with Crippen LogP contribution in [0, 0.1) is 5.82 Å². The first-order chi connectivity index (χ1) is 15.1. The fourth-order valence-corrected chi connectivity index (χ4v) is 3.26. The van der Waals surface area contributed by atoms with Gasteiger partial charge in [-0.05, 0) is 55.0 Å². The second-order valence-electron chi connectivity index (χ2n) is 6.99. The van der Waals surface area contributed by atoms with Gasteiger partial charge in [-0.15, -0.1) is 0 Å². The summed E-state index contributed by atoms with van der Waals surface area (Å²) >= 11 is 0. The molecule has 0 saturated heterocycles. The second kappa shape index (κ2) is 9.30. The summed E-state index contributed by atoms with van der Waals surface area (Å²) in [6, 6.07) is 19.9. The van der Waals surface area contributed by atoms with Crippen LogP contribution in [-0.2, 0) is 4.79 Å². The number of benzene rings is 3. The van der Waals surface area contributed by atoms with Crippen LogP contribution in [0.2, 0.25) is 0 Å². The van der Waals surface area contributed by atoms with Crippen LogP contribution >= 0.6 is 0 Å². The van der Waals surface area contributed by atoms with Crippen molar-refractivity contribution in [3.8, 4) is 11.5 Å². The molecule has 31 heavy (non-hydrogen) atoms. The molecule has 7 heteroatoms. The fourth-order valence-electron chi connectivity index (χ4n) is 3.26. The topological polar surface area (TPSA) is 67.9 Å². The Morgan fingerprint density at radius 2 is 1.84 bits per heavy atom. The van der Waals surface area contributed by atoms with Crippen LogP contribution in [0.3, 0.4) is 0 Å². The van der Waals surface area contributed by atoms with Gasteiger partial charge in [-0.1, -0.05) is 18.2 Å². The third kappa shape index (κ3) is 5.01. The minimum absolute atomic E-state index is 0.0676. The van der Waals surface area contributed by atoms with Crippen molar-refractivity contribution < 1.29 is 23.5 Å². The number of hydrogen-bond acceptors (Lipinski definition) is 4. The number of carbonyl (C=O) groups excluding carboxylic acids is 2. The first kappa shape index (κ1) is 20.4. The molecule has 0 aliphatic carbocycles. The van der Waals surface area contributed by atoms with Gasteiger partial charge in [-0.2, -0.15) is 0 Å². The number of nitrogens with zero attached hydrogens (tertiary/aromatic N) is 1. The maximum atomic E-state index is 13.0. The molecule has 4 rings (SSSR count). The Morgan fingerprint density at radius 1 is 1.06 bits per heavy atom. The van der Waals surface area contributed by atoms with Crippen LogP contribution in [0.5, 0.6) is 11.5 Å². The van der Waals surface area contributed by atoms with Gasteiger partial charge in [0, 0.05) is 23.9 Å². The Bertz CT molecular complexity index is 1070. The molecule has 2 amide bonds. The van der Waals surface area contributed by atoms with Crippen LogP contribution in [0.25, 0.3) is 0 Å².